The smallest absolute Gasteiger partial charge is 0.152 e. The standard InChI is InChI=1S/C41H50ClN5O6S/c1-30-34(26-45(3)10-11-46-14-18-54(50,51)19-15-46)6-4-8-37(30)38-9-5-7-35(31(38)2)29-53-41-22-40(52-28-33-20-32(23-43)24-44-25-33)36(21-39(41)42)27-47(12-16-48)13-17-49/h4-9,20-22,24-25,48-49H,10-19,26-29H2,1-3H3. The summed E-state index contributed by atoms with van der Waals surface area (Å²) in [5, 5.41) is 28.9. The van der Waals surface area contributed by atoms with Crippen molar-refractivity contribution in [1.29, 1.82) is 5.26 Å². The molecule has 1 fully saturated rings. The number of aromatic nitrogens is 1. The van der Waals surface area contributed by atoms with Crippen LogP contribution in [0, 0.1) is 25.2 Å². The SMILES string of the molecule is Cc1c(COc2cc(OCc3cncc(C#N)c3)c(CN(CCO)CCO)cc2Cl)cccc1-c1cccc(CN(C)CCN2CCS(=O)(=O)CC2)c1C. The van der Waals surface area contributed by atoms with E-state index < -0.39 is 9.84 Å². The lowest BCUT2D eigenvalue weighted by Crippen LogP contribution is -2.43. The lowest BCUT2D eigenvalue weighted by Gasteiger charge is -2.28. The zero-order valence-electron chi connectivity index (χ0n) is 31.3. The molecular weight excluding hydrogens is 726 g/mol. The monoisotopic (exact) mass is 775 g/mol. The fourth-order valence-electron chi connectivity index (χ4n) is 6.62. The van der Waals surface area contributed by atoms with E-state index >= 15 is 0 Å². The van der Waals surface area contributed by atoms with E-state index in [-0.39, 0.29) is 37.9 Å². The van der Waals surface area contributed by atoms with Crippen molar-refractivity contribution in [3.8, 4) is 28.7 Å². The van der Waals surface area contributed by atoms with Gasteiger partial charge in [0.1, 0.15) is 30.8 Å². The molecule has 1 aromatic heterocycles. The molecule has 1 saturated heterocycles. The van der Waals surface area contributed by atoms with Crippen molar-refractivity contribution in [2.45, 2.75) is 40.2 Å². The van der Waals surface area contributed by atoms with Gasteiger partial charge in [-0.05, 0) is 66.4 Å². The molecule has 3 aromatic carbocycles. The van der Waals surface area contributed by atoms with Crippen LogP contribution in [0.3, 0.4) is 0 Å². The summed E-state index contributed by atoms with van der Waals surface area (Å²) < 4.78 is 36.3. The molecule has 13 heteroatoms. The number of aliphatic hydroxyl groups is 2. The normalized spacial score (nSPS) is 14.4. The zero-order valence-corrected chi connectivity index (χ0v) is 32.9. The minimum Gasteiger partial charge on any atom is -0.488 e. The maximum atomic E-state index is 11.8. The number of likely N-dealkylation sites (N-methyl/N-ethyl adjacent to an activating group) is 1. The van der Waals surface area contributed by atoms with Crippen LogP contribution in [-0.2, 0) is 36.1 Å². The molecule has 1 aliphatic heterocycles. The van der Waals surface area contributed by atoms with E-state index in [4.69, 9.17) is 21.1 Å². The molecule has 0 bridgehead atoms. The van der Waals surface area contributed by atoms with Crippen molar-refractivity contribution in [2.24, 2.45) is 0 Å². The van der Waals surface area contributed by atoms with E-state index in [0.717, 1.165) is 53.0 Å². The number of ether oxygens (including phenoxy) is 2. The van der Waals surface area contributed by atoms with Gasteiger partial charge in [-0.2, -0.15) is 5.26 Å². The molecule has 0 unspecified atom stereocenters. The Balaban J connectivity index is 1.31. The Bertz CT molecular complexity index is 2020. The van der Waals surface area contributed by atoms with Crippen molar-refractivity contribution in [3.63, 3.8) is 0 Å². The molecule has 11 nitrogen and oxygen atoms in total. The van der Waals surface area contributed by atoms with Crippen molar-refractivity contribution >= 4 is 21.4 Å². The molecule has 0 atom stereocenters. The van der Waals surface area contributed by atoms with Gasteiger partial charge in [0, 0.05) is 81.9 Å². The van der Waals surface area contributed by atoms with E-state index in [1.54, 1.807) is 24.4 Å². The van der Waals surface area contributed by atoms with E-state index in [2.05, 4.69) is 66.0 Å². The van der Waals surface area contributed by atoms with Crippen LogP contribution >= 0.6 is 11.6 Å². The van der Waals surface area contributed by atoms with Gasteiger partial charge in [-0.1, -0.05) is 48.0 Å². The molecule has 54 heavy (non-hydrogen) atoms. The maximum Gasteiger partial charge on any atom is 0.152 e. The predicted octanol–water partition coefficient (Wildman–Crippen LogP) is 5.00. The van der Waals surface area contributed by atoms with Crippen molar-refractivity contribution in [2.75, 3.05) is 71.0 Å². The highest BCUT2D eigenvalue weighted by atomic mass is 35.5. The topological polar surface area (TPSA) is 139 Å². The van der Waals surface area contributed by atoms with Crippen LogP contribution < -0.4 is 9.47 Å². The summed E-state index contributed by atoms with van der Waals surface area (Å²) in [6.45, 7) is 9.36. The number of nitrogens with zero attached hydrogens (tertiary/aromatic N) is 5. The Morgan fingerprint density at radius 1 is 0.852 bits per heavy atom. The largest absolute Gasteiger partial charge is 0.488 e. The van der Waals surface area contributed by atoms with Gasteiger partial charge in [0.2, 0.25) is 0 Å². The third-order valence-corrected chi connectivity index (χ3v) is 11.8. The third-order valence-electron chi connectivity index (χ3n) is 9.90. The minimum atomic E-state index is -2.89. The zero-order chi connectivity index (χ0) is 38.7. The highest BCUT2D eigenvalue weighted by Crippen LogP contribution is 2.36. The van der Waals surface area contributed by atoms with Crippen LogP contribution in [-0.4, -0.2) is 109 Å². The number of nitriles is 1. The summed E-state index contributed by atoms with van der Waals surface area (Å²) in [5.41, 5.74) is 8.77. The predicted molar refractivity (Wildman–Crippen MR) is 211 cm³/mol. The minimum absolute atomic E-state index is 0.0623. The molecule has 0 amide bonds. The second-order valence-corrected chi connectivity index (χ2v) is 16.5. The maximum absolute atomic E-state index is 11.8. The number of sulfone groups is 1. The molecular formula is C41H50ClN5O6S. The Morgan fingerprint density at radius 3 is 2.17 bits per heavy atom. The first-order valence-corrected chi connectivity index (χ1v) is 20.3. The van der Waals surface area contributed by atoms with Crippen LogP contribution in [0.15, 0.2) is 67.0 Å². The lowest BCUT2D eigenvalue weighted by atomic mass is 9.91. The number of halogens is 1. The molecule has 0 saturated carbocycles. The highest BCUT2D eigenvalue weighted by Gasteiger charge is 2.22. The number of benzene rings is 3. The van der Waals surface area contributed by atoms with Gasteiger partial charge in [0.25, 0.3) is 0 Å². The van der Waals surface area contributed by atoms with Gasteiger partial charge in [-0.15, -0.1) is 0 Å². The van der Waals surface area contributed by atoms with Gasteiger partial charge in [-0.25, -0.2) is 8.42 Å². The first-order chi connectivity index (χ1) is 26.0. The first-order valence-electron chi connectivity index (χ1n) is 18.1. The second-order valence-electron chi connectivity index (χ2n) is 13.8. The first kappa shape index (κ1) is 41.1. The number of aliphatic hydroxyl groups excluding tert-OH is 2. The quantitative estimate of drug-likeness (QED) is 0.141. The second kappa shape index (κ2) is 19.5. The van der Waals surface area contributed by atoms with Crippen molar-refractivity contribution in [3.05, 3.63) is 111 Å². The highest BCUT2D eigenvalue weighted by molar-refractivity contribution is 7.91. The van der Waals surface area contributed by atoms with Gasteiger partial charge in [0.05, 0.1) is 35.3 Å². The van der Waals surface area contributed by atoms with Gasteiger partial charge in [0.15, 0.2) is 9.84 Å². The number of hydrogen-bond acceptors (Lipinski definition) is 11. The van der Waals surface area contributed by atoms with Crippen LogP contribution in [0.25, 0.3) is 11.1 Å². The molecule has 0 radical (unpaired) electrons. The van der Waals surface area contributed by atoms with Gasteiger partial charge < -0.3 is 29.5 Å². The Hall–Kier alpha value is -4.06. The Kier molecular flexibility index (Phi) is 14.8. The van der Waals surface area contributed by atoms with Gasteiger partial charge in [-0.3, -0.25) is 9.88 Å². The third kappa shape index (κ3) is 11.2. The summed E-state index contributed by atoms with van der Waals surface area (Å²) >= 11 is 6.81. The van der Waals surface area contributed by atoms with Crippen molar-refractivity contribution in [1.82, 2.24) is 19.7 Å². The van der Waals surface area contributed by atoms with Gasteiger partial charge >= 0.3 is 0 Å². The molecule has 2 heterocycles. The van der Waals surface area contributed by atoms with Crippen LogP contribution in [0.5, 0.6) is 11.5 Å². The van der Waals surface area contributed by atoms with Crippen LogP contribution in [0.2, 0.25) is 5.02 Å². The van der Waals surface area contributed by atoms with E-state index in [1.807, 2.05) is 17.0 Å². The van der Waals surface area contributed by atoms with Crippen LogP contribution in [0.4, 0.5) is 0 Å². The molecule has 0 aliphatic carbocycles. The fraction of sp³-hybridized carbons (Fsp3) is 0.415. The average Bonchev–Trinajstić information content (AvgIpc) is 3.15. The molecule has 288 valence electrons. The van der Waals surface area contributed by atoms with E-state index in [1.165, 1.54) is 17.3 Å². The summed E-state index contributed by atoms with van der Waals surface area (Å²) in [6, 6.07) is 20.0. The molecule has 4 aromatic rings. The summed E-state index contributed by atoms with van der Waals surface area (Å²) in [7, 11) is -0.783. The Morgan fingerprint density at radius 2 is 1.50 bits per heavy atom. The molecule has 5 rings (SSSR count). The average molecular weight is 776 g/mol. The lowest BCUT2D eigenvalue weighted by molar-refractivity contribution is 0.154. The number of rotatable bonds is 18. The molecule has 0 spiro atoms. The fourth-order valence-corrected chi connectivity index (χ4v) is 8.13. The van der Waals surface area contributed by atoms with E-state index in [9.17, 15) is 23.9 Å². The Labute approximate surface area is 324 Å². The van der Waals surface area contributed by atoms with Crippen LogP contribution in [0.1, 0.15) is 38.9 Å². The van der Waals surface area contributed by atoms with E-state index in [0.29, 0.717) is 54.8 Å². The summed E-state index contributed by atoms with van der Waals surface area (Å²) in [6.07, 6.45) is 3.15. The summed E-state index contributed by atoms with van der Waals surface area (Å²) in [4.78, 5) is 10.6. The summed E-state index contributed by atoms with van der Waals surface area (Å²) in [5.74, 6) is 1.47. The van der Waals surface area contributed by atoms with Crippen molar-refractivity contribution < 1.29 is 28.1 Å². The molecule has 2 N–H and O–H groups in total. The molecule has 1 aliphatic rings. The number of hydrogen-bond donors (Lipinski definition) is 2. The number of pyridine rings is 1.